The molecule has 0 bridgehead atoms. The first kappa shape index (κ1) is 22.2. The highest BCUT2D eigenvalue weighted by Crippen LogP contribution is 2.20. The molecule has 0 spiro atoms. The lowest BCUT2D eigenvalue weighted by molar-refractivity contribution is -0.133. The lowest BCUT2D eigenvalue weighted by Crippen LogP contribution is -2.31. The molecule has 1 saturated heterocycles. The van der Waals surface area contributed by atoms with Crippen LogP contribution in [0.25, 0.3) is 0 Å². The zero-order valence-corrected chi connectivity index (χ0v) is 17.3. The van der Waals surface area contributed by atoms with Crippen molar-refractivity contribution in [1.29, 1.82) is 0 Å². The number of imide groups is 1. The minimum atomic E-state index is -0.716. The van der Waals surface area contributed by atoms with Crippen LogP contribution in [0, 0.1) is 5.82 Å². The Kier molecular flexibility index (Phi) is 6.86. The number of amides is 4. The number of carbonyl (C=O) groups excluding carboxylic acids is 4. The standard InChI is InChI=1S/C21H19ClFN3O5/c1-25(11-15-16(22)3-2-4-17(15)23)19(28)12-31-20(29)14-7-5-13(6-8-14)10-26-18(27)9-24-21(26)30/h2-8H,9-12H2,1H3,(H,24,30). The van der Waals surface area contributed by atoms with Gasteiger partial charge in [-0.2, -0.15) is 0 Å². The van der Waals surface area contributed by atoms with Crippen molar-refractivity contribution >= 4 is 35.4 Å². The monoisotopic (exact) mass is 447 g/mol. The second kappa shape index (κ2) is 9.57. The minimum absolute atomic E-state index is 0.0329. The first-order chi connectivity index (χ1) is 14.8. The maximum Gasteiger partial charge on any atom is 0.338 e. The van der Waals surface area contributed by atoms with Gasteiger partial charge in [-0.15, -0.1) is 0 Å². The fourth-order valence-corrected chi connectivity index (χ4v) is 3.10. The van der Waals surface area contributed by atoms with Gasteiger partial charge in [0.1, 0.15) is 5.82 Å². The molecule has 8 nitrogen and oxygen atoms in total. The van der Waals surface area contributed by atoms with Crippen LogP contribution in [0.2, 0.25) is 5.02 Å². The number of hydrogen-bond acceptors (Lipinski definition) is 5. The SMILES string of the molecule is CN(Cc1c(F)cccc1Cl)C(=O)COC(=O)c1ccc(CN2C(=O)CNC2=O)cc1. The van der Waals surface area contributed by atoms with E-state index in [1.807, 2.05) is 0 Å². The largest absolute Gasteiger partial charge is 0.452 e. The number of likely N-dealkylation sites (N-methyl/N-ethyl adjacent to an activating group) is 1. The summed E-state index contributed by atoms with van der Waals surface area (Å²) in [5.74, 6) is -2.10. The van der Waals surface area contributed by atoms with Crippen molar-refractivity contribution in [2.75, 3.05) is 20.2 Å². The number of ether oxygens (including phenoxy) is 1. The van der Waals surface area contributed by atoms with Gasteiger partial charge in [0.05, 0.1) is 18.7 Å². The van der Waals surface area contributed by atoms with Crippen LogP contribution in [0.15, 0.2) is 42.5 Å². The number of esters is 1. The maximum absolute atomic E-state index is 13.9. The molecule has 31 heavy (non-hydrogen) atoms. The van der Waals surface area contributed by atoms with E-state index in [0.29, 0.717) is 5.56 Å². The van der Waals surface area contributed by atoms with E-state index in [0.717, 1.165) is 4.90 Å². The molecule has 2 aromatic carbocycles. The first-order valence-corrected chi connectivity index (χ1v) is 9.65. The molecule has 1 aliphatic heterocycles. The lowest BCUT2D eigenvalue weighted by atomic mass is 10.1. The molecule has 2 aromatic rings. The van der Waals surface area contributed by atoms with E-state index in [2.05, 4.69) is 5.32 Å². The van der Waals surface area contributed by atoms with Crippen LogP contribution < -0.4 is 5.32 Å². The van der Waals surface area contributed by atoms with Gasteiger partial charge < -0.3 is 15.0 Å². The summed E-state index contributed by atoms with van der Waals surface area (Å²) >= 11 is 5.96. The average molecular weight is 448 g/mol. The van der Waals surface area contributed by atoms with Gasteiger partial charge in [-0.25, -0.2) is 14.0 Å². The van der Waals surface area contributed by atoms with E-state index in [4.69, 9.17) is 16.3 Å². The van der Waals surface area contributed by atoms with Crippen molar-refractivity contribution in [3.8, 4) is 0 Å². The van der Waals surface area contributed by atoms with Crippen molar-refractivity contribution < 1.29 is 28.3 Å². The lowest BCUT2D eigenvalue weighted by Gasteiger charge is -2.18. The highest BCUT2D eigenvalue weighted by molar-refractivity contribution is 6.31. The highest BCUT2D eigenvalue weighted by atomic mass is 35.5. The smallest absolute Gasteiger partial charge is 0.338 e. The Hall–Kier alpha value is -3.46. The Morgan fingerprint density at radius 3 is 2.52 bits per heavy atom. The predicted octanol–water partition coefficient (Wildman–Crippen LogP) is 2.35. The Morgan fingerprint density at radius 2 is 1.90 bits per heavy atom. The van der Waals surface area contributed by atoms with Gasteiger partial charge in [-0.1, -0.05) is 29.8 Å². The van der Waals surface area contributed by atoms with Gasteiger partial charge in [0.2, 0.25) is 5.91 Å². The summed E-state index contributed by atoms with van der Waals surface area (Å²) in [6, 6.07) is 9.89. The summed E-state index contributed by atoms with van der Waals surface area (Å²) in [6.45, 7) is -0.540. The van der Waals surface area contributed by atoms with Gasteiger partial charge in [-0.3, -0.25) is 14.5 Å². The van der Waals surface area contributed by atoms with Gasteiger partial charge in [0.25, 0.3) is 5.91 Å². The van der Waals surface area contributed by atoms with Crippen LogP contribution in [0.5, 0.6) is 0 Å². The summed E-state index contributed by atoms with van der Waals surface area (Å²) in [5, 5.41) is 2.63. The number of halogens is 2. The van der Waals surface area contributed by atoms with Crippen LogP contribution >= 0.6 is 11.6 Å². The van der Waals surface area contributed by atoms with Crippen LogP contribution in [-0.4, -0.2) is 53.8 Å². The number of benzene rings is 2. The maximum atomic E-state index is 13.9. The molecule has 162 valence electrons. The predicted molar refractivity (Wildman–Crippen MR) is 109 cm³/mol. The molecule has 0 saturated carbocycles. The van der Waals surface area contributed by atoms with Crippen molar-refractivity contribution in [3.05, 3.63) is 70.0 Å². The molecule has 1 aliphatic rings. The Morgan fingerprint density at radius 1 is 1.19 bits per heavy atom. The molecule has 0 aliphatic carbocycles. The van der Waals surface area contributed by atoms with E-state index < -0.39 is 30.3 Å². The molecule has 1 fully saturated rings. The molecule has 10 heteroatoms. The van der Waals surface area contributed by atoms with Crippen LogP contribution in [0.3, 0.4) is 0 Å². The van der Waals surface area contributed by atoms with E-state index in [9.17, 15) is 23.6 Å². The quantitative estimate of drug-likeness (QED) is 0.519. The number of rotatable bonds is 7. The fourth-order valence-electron chi connectivity index (χ4n) is 2.87. The highest BCUT2D eigenvalue weighted by Gasteiger charge is 2.28. The van der Waals surface area contributed by atoms with Crippen LogP contribution in [0.4, 0.5) is 9.18 Å². The fraction of sp³-hybridized carbons (Fsp3) is 0.238. The molecule has 0 aromatic heterocycles. The Bertz CT molecular complexity index is 992. The third-order valence-corrected chi connectivity index (χ3v) is 5.03. The van der Waals surface area contributed by atoms with Crippen molar-refractivity contribution in [2.45, 2.75) is 13.1 Å². The van der Waals surface area contributed by atoms with Crippen LogP contribution in [0.1, 0.15) is 21.5 Å². The van der Waals surface area contributed by atoms with Crippen molar-refractivity contribution in [1.82, 2.24) is 15.1 Å². The zero-order chi connectivity index (χ0) is 22.5. The third kappa shape index (κ3) is 5.37. The van der Waals surface area contributed by atoms with Crippen molar-refractivity contribution in [3.63, 3.8) is 0 Å². The summed E-state index contributed by atoms with van der Waals surface area (Å²) in [4.78, 5) is 49.9. The van der Waals surface area contributed by atoms with Crippen LogP contribution in [-0.2, 0) is 27.4 Å². The van der Waals surface area contributed by atoms with Gasteiger partial charge in [0, 0.05) is 24.2 Å². The second-order valence-corrected chi connectivity index (χ2v) is 7.27. The molecule has 0 atom stereocenters. The van der Waals surface area contributed by atoms with E-state index in [-0.39, 0.29) is 41.7 Å². The summed E-state index contributed by atoms with van der Waals surface area (Å²) in [5.41, 5.74) is 1.03. The number of nitrogens with zero attached hydrogens (tertiary/aromatic N) is 2. The third-order valence-electron chi connectivity index (χ3n) is 4.68. The molecule has 4 amide bonds. The van der Waals surface area contributed by atoms with Gasteiger partial charge in [0.15, 0.2) is 6.61 Å². The number of carbonyl (C=O) groups is 4. The first-order valence-electron chi connectivity index (χ1n) is 9.27. The molecule has 0 unspecified atom stereocenters. The summed E-state index contributed by atoms with van der Waals surface area (Å²) < 4.78 is 18.9. The zero-order valence-electron chi connectivity index (χ0n) is 16.6. The number of hydrogen-bond donors (Lipinski definition) is 1. The number of urea groups is 1. The molecular formula is C21H19ClFN3O5. The Balaban J connectivity index is 1.52. The van der Waals surface area contributed by atoms with E-state index in [1.54, 1.807) is 12.1 Å². The molecule has 0 radical (unpaired) electrons. The average Bonchev–Trinajstić information content (AvgIpc) is 3.06. The summed E-state index contributed by atoms with van der Waals surface area (Å²) in [7, 11) is 1.45. The minimum Gasteiger partial charge on any atom is -0.452 e. The number of nitrogens with one attached hydrogen (secondary N) is 1. The van der Waals surface area contributed by atoms with Crippen molar-refractivity contribution in [2.24, 2.45) is 0 Å². The topological polar surface area (TPSA) is 96.0 Å². The molecule has 3 rings (SSSR count). The van der Waals surface area contributed by atoms with Gasteiger partial charge >= 0.3 is 12.0 Å². The summed E-state index contributed by atoms with van der Waals surface area (Å²) in [6.07, 6.45) is 0. The van der Waals surface area contributed by atoms with E-state index >= 15 is 0 Å². The van der Waals surface area contributed by atoms with E-state index in [1.165, 1.54) is 42.3 Å². The Labute approximate surface area is 182 Å². The second-order valence-electron chi connectivity index (χ2n) is 6.86. The normalized spacial score (nSPS) is 13.2. The molecule has 1 N–H and O–H groups in total. The van der Waals surface area contributed by atoms with Gasteiger partial charge in [-0.05, 0) is 29.8 Å². The molecular weight excluding hydrogens is 429 g/mol. The molecule has 1 heterocycles.